The molecule has 0 radical (unpaired) electrons. The summed E-state index contributed by atoms with van der Waals surface area (Å²) in [5, 5.41) is 6.39. The molecule has 0 aromatic heterocycles. The highest BCUT2D eigenvalue weighted by Gasteiger charge is 2.42. The van der Waals surface area contributed by atoms with Gasteiger partial charge in [-0.25, -0.2) is 0 Å². The molecule has 5 rings (SSSR count). The van der Waals surface area contributed by atoms with E-state index in [2.05, 4.69) is 10.6 Å². The molecule has 1 aliphatic heterocycles. The Hall–Kier alpha value is -4.27. The molecule has 2 aliphatic rings. The number of carbonyl (C=O) groups excluding carboxylic acids is 2. The number of hydrogen-bond acceptors (Lipinski definition) is 5. The number of amides is 1. The van der Waals surface area contributed by atoms with Crippen LogP contribution in [-0.4, -0.2) is 25.3 Å². The number of ether oxygens (including phenoxy) is 1. The molecule has 2 N–H and O–H groups in total. The van der Waals surface area contributed by atoms with Crippen LogP contribution in [0.3, 0.4) is 0 Å². The number of benzene rings is 3. The lowest BCUT2D eigenvalue weighted by Gasteiger charge is -2.38. The number of alkyl halides is 3. The minimum Gasteiger partial charge on any atom is -0.497 e. The van der Waals surface area contributed by atoms with Crippen molar-refractivity contribution >= 4 is 23.1 Å². The van der Waals surface area contributed by atoms with Crippen molar-refractivity contribution in [3.05, 3.63) is 101 Å². The standard InChI is InChI=1S/C32H32F3N3O3/c1-31(2)16-25-29(27(39)17-31)30(21-10-12-22(13-11-21)32(33,34)35)38(26-7-5-4-6-24(26)37-25)19-28(40)36-18-20-8-14-23(41-3)15-9-20/h4-15,30,37H,16-19H2,1-3H3,(H,36,40). The number of anilines is 2. The number of para-hydroxylation sites is 2. The van der Waals surface area contributed by atoms with E-state index in [1.54, 1.807) is 7.11 Å². The van der Waals surface area contributed by atoms with E-state index in [9.17, 15) is 22.8 Å². The molecule has 9 heteroatoms. The summed E-state index contributed by atoms with van der Waals surface area (Å²) in [5.41, 5.74) is 2.91. The van der Waals surface area contributed by atoms with Crippen LogP contribution in [0.1, 0.15) is 49.4 Å². The molecule has 0 spiro atoms. The van der Waals surface area contributed by atoms with Gasteiger partial charge in [0, 0.05) is 24.2 Å². The summed E-state index contributed by atoms with van der Waals surface area (Å²) >= 11 is 0. The first-order chi connectivity index (χ1) is 19.4. The van der Waals surface area contributed by atoms with Crippen LogP contribution in [0.2, 0.25) is 0 Å². The van der Waals surface area contributed by atoms with E-state index in [-0.39, 0.29) is 30.2 Å². The fourth-order valence-electron chi connectivity index (χ4n) is 5.58. The third-order valence-corrected chi connectivity index (χ3v) is 7.52. The average Bonchev–Trinajstić information content (AvgIpc) is 3.05. The number of nitrogens with one attached hydrogen (secondary N) is 2. The number of carbonyl (C=O) groups is 2. The van der Waals surface area contributed by atoms with Crippen LogP contribution in [-0.2, 0) is 22.3 Å². The maximum absolute atomic E-state index is 13.7. The third-order valence-electron chi connectivity index (χ3n) is 7.52. The molecule has 1 unspecified atom stereocenters. The molecule has 1 amide bonds. The molecule has 0 saturated carbocycles. The summed E-state index contributed by atoms with van der Waals surface area (Å²) in [6.45, 7) is 4.20. The molecule has 1 aliphatic carbocycles. The van der Waals surface area contributed by atoms with Crippen LogP contribution in [0.4, 0.5) is 24.5 Å². The van der Waals surface area contributed by atoms with Gasteiger partial charge in [-0.2, -0.15) is 13.2 Å². The second kappa shape index (κ2) is 11.0. The zero-order valence-electron chi connectivity index (χ0n) is 23.1. The summed E-state index contributed by atoms with van der Waals surface area (Å²) in [4.78, 5) is 28.9. The maximum Gasteiger partial charge on any atom is 0.416 e. The van der Waals surface area contributed by atoms with Crippen molar-refractivity contribution < 1.29 is 27.5 Å². The Morgan fingerprint density at radius 2 is 1.71 bits per heavy atom. The quantitative estimate of drug-likeness (QED) is 0.352. The Morgan fingerprint density at radius 1 is 1.02 bits per heavy atom. The van der Waals surface area contributed by atoms with Crippen LogP contribution >= 0.6 is 0 Å². The van der Waals surface area contributed by atoms with Gasteiger partial charge in [0.25, 0.3) is 0 Å². The number of nitrogens with zero attached hydrogens (tertiary/aromatic N) is 1. The van der Waals surface area contributed by atoms with Gasteiger partial charge in [0.05, 0.1) is 36.6 Å². The van der Waals surface area contributed by atoms with Crippen LogP contribution in [0.15, 0.2) is 84.1 Å². The molecule has 214 valence electrons. The van der Waals surface area contributed by atoms with E-state index in [1.807, 2.05) is 67.3 Å². The van der Waals surface area contributed by atoms with Crippen molar-refractivity contribution in [1.29, 1.82) is 0 Å². The molecular weight excluding hydrogens is 531 g/mol. The van der Waals surface area contributed by atoms with E-state index < -0.39 is 17.8 Å². The lowest BCUT2D eigenvalue weighted by molar-refractivity contribution is -0.137. The molecular formula is C32H32F3N3O3. The largest absolute Gasteiger partial charge is 0.497 e. The van der Waals surface area contributed by atoms with E-state index in [0.717, 1.165) is 29.1 Å². The number of fused-ring (bicyclic) bond motifs is 1. The Labute approximate surface area is 237 Å². The van der Waals surface area contributed by atoms with Gasteiger partial charge >= 0.3 is 6.18 Å². The molecule has 3 aromatic carbocycles. The second-order valence-electron chi connectivity index (χ2n) is 11.3. The predicted octanol–water partition coefficient (Wildman–Crippen LogP) is 6.65. The number of ketones is 1. The van der Waals surface area contributed by atoms with E-state index >= 15 is 0 Å². The fourth-order valence-corrected chi connectivity index (χ4v) is 5.58. The number of Topliss-reactive ketones (excluding diaryl/α,β-unsaturated/α-hetero) is 1. The van der Waals surface area contributed by atoms with Gasteiger partial charge in [0.15, 0.2) is 5.78 Å². The number of hydrogen-bond donors (Lipinski definition) is 2. The van der Waals surface area contributed by atoms with Crippen molar-refractivity contribution in [3.63, 3.8) is 0 Å². The van der Waals surface area contributed by atoms with Crippen molar-refractivity contribution in [2.45, 2.75) is 45.5 Å². The van der Waals surface area contributed by atoms with Gasteiger partial charge in [-0.05, 0) is 59.4 Å². The average molecular weight is 564 g/mol. The number of allylic oxidation sites excluding steroid dienone is 1. The molecule has 0 saturated heterocycles. The second-order valence-corrected chi connectivity index (χ2v) is 11.3. The summed E-state index contributed by atoms with van der Waals surface area (Å²) < 4.78 is 45.4. The highest BCUT2D eigenvalue weighted by Crippen LogP contribution is 2.48. The predicted molar refractivity (Wildman–Crippen MR) is 151 cm³/mol. The highest BCUT2D eigenvalue weighted by molar-refractivity contribution is 6.01. The van der Waals surface area contributed by atoms with Gasteiger partial charge in [-0.3, -0.25) is 9.59 Å². The molecule has 41 heavy (non-hydrogen) atoms. The van der Waals surface area contributed by atoms with Crippen LogP contribution in [0, 0.1) is 5.41 Å². The smallest absolute Gasteiger partial charge is 0.416 e. The van der Waals surface area contributed by atoms with Crippen LogP contribution in [0.25, 0.3) is 0 Å². The normalized spacial score (nSPS) is 18.1. The van der Waals surface area contributed by atoms with Crippen molar-refractivity contribution in [3.8, 4) is 5.75 Å². The highest BCUT2D eigenvalue weighted by atomic mass is 19.4. The Morgan fingerprint density at radius 3 is 2.37 bits per heavy atom. The van der Waals surface area contributed by atoms with Crippen molar-refractivity contribution in [1.82, 2.24) is 5.32 Å². The number of halogens is 3. The van der Waals surface area contributed by atoms with Crippen molar-refractivity contribution in [2.75, 3.05) is 23.9 Å². The Bertz CT molecular complexity index is 1480. The van der Waals surface area contributed by atoms with Crippen molar-refractivity contribution in [2.24, 2.45) is 5.41 Å². The van der Waals surface area contributed by atoms with Gasteiger partial charge < -0.3 is 20.3 Å². The third kappa shape index (κ3) is 6.09. The molecule has 1 heterocycles. The van der Waals surface area contributed by atoms with E-state index in [0.29, 0.717) is 35.4 Å². The topological polar surface area (TPSA) is 70.7 Å². The first kappa shape index (κ1) is 28.3. The fraction of sp³-hybridized carbons (Fsp3) is 0.312. The summed E-state index contributed by atoms with van der Waals surface area (Å²) in [6, 6.07) is 18.9. The summed E-state index contributed by atoms with van der Waals surface area (Å²) in [5.74, 6) is 0.322. The van der Waals surface area contributed by atoms with E-state index in [1.165, 1.54) is 12.1 Å². The molecule has 6 nitrogen and oxygen atoms in total. The SMILES string of the molecule is COc1ccc(CNC(=O)CN2c3ccccc3NC3=C(C(=O)CC(C)(C)C3)C2c2ccc(C(F)(F)F)cc2)cc1. The molecule has 1 atom stereocenters. The lowest BCUT2D eigenvalue weighted by Crippen LogP contribution is -2.41. The van der Waals surface area contributed by atoms with Crippen LogP contribution in [0.5, 0.6) is 5.75 Å². The summed E-state index contributed by atoms with van der Waals surface area (Å²) in [6.07, 6.45) is -3.62. The molecule has 0 fully saturated rings. The number of rotatable bonds is 6. The van der Waals surface area contributed by atoms with Gasteiger partial charge in [-0.15, -0.1) is 0 Å². The number of methoxy groups -OCH3 is 1. The Kier molecular flexibility index (Phi) is 7.55. The van der Waals surface area contributed by atoms with Crippen LogP contribution < -0.4 is 20.3 Å². The summed E-state index contributed by atoms with van der Waals surface area (Å²) in [7, 11) is 1.58. The van der Waals surface area contributed by atoms with Gasteiger partial charge in [-0.1, -0.05) is 50.2 Å². The zero-order chi connectivity index (χ0) is 29.4. The van der Waals surface area contributed by atoms with Gasteiger partial charge in [0.2, 0.25) is 5.91 Å². The Balaban J connectivity index is 1.55. The van der Waals surface area contributed by atoms with E-state index in [4.69, 9.17) is 4.74 Å². The molecule has 0 bridgehead atoms. The monoisotopic (exact) mass is 563 g/mol. The van der Waals surface area contributed by atoms with Gasteiger partial charge in [0.1, 0.15) is 5.75 Å². The lowest BCUT2D eigenvalue weighted by atomic mass is 9.73. The zero-order valence-corrected chi connectivity index (χ0v) is 23.1. The first-order valence-corrected chi connectivity index (χ1v) is 13.4. The molecule has 3 aromatic rings. The first-order valence-electron chi connectivity index (χ1n) is 13.4. The maximum atomic E-state index is 13.7. The minimum absolute atomic E-state index is 0.0925. The minimum atomic E-state index is -4.49.